The molecular weight excluding hydrogens is 222 g/mol. The first kappa shape index (κ1) is 13.3. The van der Waals surface area contributed by atoms with Gasteiger partial charge in [0.15, 0.2) is 5.78 Å². The minimum atomic E-state index is 0.273. The van der Waals surface area contributed by atoms with Crippen LogP contribution in [0.15, 0.2) is 30.3 Å². The lowest BCUT2D eigenvalue weighted by Crippen LogP contribution is -2.24. The van der Waals surface area contributed by atoms with E-state index in [0.717, 1.165) is 18.0 Å². The predicted octanol–water partition coefficient (Wildman–Crippen LogP) is 3.38. The summed E-state index contributed by atoms with van der Waals surface area (Å²) in [7, 11) is 0. The van der Waals surface area contributed by atoms with Crippen LogP contribution in [-0.2, 0) is 0 Å². The number of rotatable bonds is 6. The number of Topliss-reactive ketones (excluding diaryl/α,β-unsaturated/α-hetero) is 1. The third kappa shape index (κ3) is 3.67. The fourth-order valence-corrected chi connectivity index (χ4v) is 2.79. The third-order valence-electron chi connectivity index (χ3n) is 3.82. The highest BCUT2D eigenvalue weighted by Gasteiger charge is 2.21. The Hall–Kier alpha value is -1.15. The van der Waals surface area contributed by atoms with E-state index >= 15 is 0 Å². The quantitative estimate of drug-likeness (QED) is 0.716. The average Bonchev–Trinajstić information content (AvgIpc) is 2.85. The van der Waals surface area contributed by atoms with Crippen molar-refractivity contribution < 1.29 is 4.79 Å². The molecule has 0 aromatic heterocycles. The lowest BCUT2D eigenvalue weighted by Gasteiger charge is -2.15. The summed E-state index contributed by atoms with van der Waals surface area (Å²) in [5.41, 5.74) is 0.849. The van der Waals surface area contributed by atoms with E-state index in [1.807, 2.05) is 30.3 Å². The topological polar surface area (TPSA) is 20.3 Å². The Morgan fingerprint density at radius 3 is 2.83 bits per heavy atom. The SMILES string of the molecule is CCCC1CCN(CCC(=O)c2ccccc2)C1. The van der Waals surface area contributed by atoms with Crippen LogP contribution in [0.2, 0.25) is 0 Å². The molecule has 0 radical (unpaired) electrons. The van der Waals surface area contributed by atoms with Gasteiger partial charge in [0.1, 0.15) is 0 Å². The molecule has 0 saturated carbocycles. The van der Waals surface area contributed by atoms with Crippen LogP contribution in [0, 0.1) is 5.92 Å². The molecular formula is C16H23NO. The molecule has 1 unspecified atom stereocenters. The van der Waals surface area contributed by atoms with Crippen molar-refractivity contribution in [3.63, 3.8) is 0 Å². The smallest absolute Gasteiger partial charge is 0.164 e. The Labute approximate surface area is 110 Å². The Bertz CT molecular complexity index is 374. The van der Waals surface area contributed by atoms with Gasteiger partial charge in [0.25, 0.3) is 0 Å². The van der Waals surface area contributed by atoms with Gasteiger partial charge in [-0.1, -0.05) is 43.7 Å². The maximum Gasteiger partial charge on any atom is 0.164 e. The highest BCUT2D eigenvalue weighted by Crippen LogP contribution is 2.21. The van der Waals surface area contributed by atoms with Gasteiger partial charge in [-0.2, -0.15) is 0 Å². The summed E-state index contributed by atoms with van der Waals surface area (Å²) in [5, 5.41) is 0. The monoisotopic (exact) mass is 245 g/mol. The van der Waals surface area contributed by atoms with E-state index in [4.69, 9.17) is 0 Å². The molecule has 98 valence electrons. The van der Waals surface area contributed by atoms with Crippen LogP contribution in [0.4, 0.5) is 0 Å². The van der Waals surface area contributed by atoms with Crippen LogP contribution in [-0.4, -0.2) is 30.3 Å². The molecule has 0 aliphatic carbocycles. The van der Waals surface area contributed by atoms with E-state index < -0.39 is 0 Å². The molecule has 2 heteroatoms. The summed E-state index contributed by atoms with van der Waals surface area (Å²) in [6.07, 6.45) is 4.58. The fraction of sp³-hybridized carbons (Fsp3) is 0.562. The van der Waals surface area contributed by atoms with Gasteiger partial charge >= 0.3 is 0 Å². The minimum absolute atomic E-state index is 0.273. The third-order valence-corrected chi connectivity index (χ3v) is 3.82. The van der Waals surface area contributed by atoms with E-state index in [0.29, 0.717) is 6.42 Å². The van der Waals surface area contributed by atoms with Crippen molar-refractivity contribution >= 4 is 5.78 Å². The summed E-state index contributed by atoms with van der Waals surface area (Å²) in [6.45, 7) is 5.54. The first-order chi connectivity index (χ1) is 8.79. The van der Waals surface area contributed by atoms with Gasteiger partial charge in [-0.25, -0.2) is 0 Å². The predicted molar refractivity (Wildman–Crippen MR) is 74.8 cm³/mol. The van der Waals surface area contributed by atoms with Crippen molar-refractivity contribution in [3.8, 4) is 0 Å². The van der Waals surface area contributed by atoms with Crippen molar-refractivity contribution in [2.24, 2.45) is 5.92 Å². The van der Waals surface area contributed by atoms with Gasteiger partial charge in [-0.15, -0.1) is 0 Å². The largest absolute Gasteiger partial charge is 0.303 e. The standard InChI is InChI=1S/C16H23NO/c1-2-6-14-9-11-17(13-14)12-10-16(18)15-7-4-3-5-8-15/h3-5,7-8,14H,2,6,9-13H2,1H3. The van der Waals surface area contributed by atoms with Crippen molar-refractivity contribution in [3.05, 3.63) is 35.9 Å². The molecule has 0 bridgehead atoms. The average molecular weight is 245 g/mol. The molecule has 1 heterocycles. The molecule has 2 nitrogen and oxygen atoms in total. The molecule has 1 aromatic rings. The lowest BCUT2D eigenvalue weighted by atomic mass is 10.0. The number of hydrogen-bond acceptors (Lipinski definition) is 2. The summed E-state index contributed by atoms with van der Waals surface area (Å²) in [5.74, 6) is 1.14. The second kappa shape index (κ2) is 6.69. The number of carbonyl (C=O) groups is 1. The Balaban J connectivity index is 1.74. The van der Waals surface area contributed by atoms with Crippen molar-refractivity contribution in [2.45, 2.75) is 32.6 Å². The van der Waals surface area contributed by atoms with Crippen LogP contribution >= 0.6 is 0 Å². The van der Waals surface area contributed by atoms with E-state index in [9.17, 15) is 4.79 Å². The second-order valence-electron chi connectivity index (χ2n) is 5.28. The van der Waals surface area contributed by atoms with Crippen LogP contribution in [0.5, 0.6) is 0 Å². The van der Waals surface area contributed by atoms with Crippen LogP contribution in [0.1, 0.15) is 43.0 Å². The highest BCUT2D eigenvalue weighted by molar-refractivity contribution is 5.96. The van der Waals surface area contributed by atoms with Gasteiger partial charge in [-0.3, -0.25) is 4.79 Å². The van der Waals surface area contributed by atoms with Crippen LogP contribution < -0.4 is 0 Å². The zero-order chi connectivity index (χ0) is 12.8. The Morgan fingerprint density at radius 2 is 2.11 bits per heavy atom. The molecule has 1 fully saturated rings. The molecule has 2 rings (SSSR count). The molecule has 1 aliphatic rings. The van der Waals surface area contributed by atoms with Crippen molar-refractivity contribution in [2.75, 3.05) is 19.6 Å². The van der Waals surface area contributed by atoms with Crippen LogP contribution in [0.25, 0.3) is 0 Å². The first-order valence-electron chi connectivity index (χ1n) is 7.10. The number of likely N-dealkylation sites (tertiary alicyclic amines) is 1. The molecule has 1 saturated heterocycles. The highest BCUT2D eigenvalue weighted by atomic mass is 16.1. The number of carbonyl (C=O) groups excluding carboxylic acids is 1. The molecule has 0 spiro atoms. The van der Waals surface area contributed by atoms with Gasteiger partial charge in [-0.05, 0) is 25.3 Å². The number of benzene rings is 1. The molecule has 0 N–H and O–H groups in total. The maximum atomic E-state index is 12.0. The summed E-state index contributed by atoms with van der Waals surface area (Å²) >= 11 is 0. The lowest BCUT2D eigenvalue weighted by molar-refractivity contribution is 0.0968. The molecule has 0 amide bonds. The molecule has 1 aliphatic heterocycles. The van der Waals surface area contributed by atoms with Crippen molar-refractivity contribution in [1.82, 2.24) is 4.90 Å². The van der Waals surface area contributed by atoms with E-state index in [-0.39, 0.29) is 5.78 Å². The summed E-state index contributed by atoms with van der Waals surface area (Å²) < 4.78 is 0. The molecule has 1 atom stereocenters. The van der Waals surface area contributed by atoms with Gasteiger partial charge < -0.3 is 4.90 Å². The number of nitrogens with zero attached hydrogens (tertiary/aromatic N) is 1. The zero-order valence-electron chi connectivity index (χ0n) is 11.3. The van der Waals surface area contributed by atoms with Gasteiger partial charge in [0, 0.05) is 25.1 Å². The van der Waals surface area contributed by atoms with E-state index in [1.165, 1.54) is 32.4 Å². The Morgan fingerprint density at radius 1 is 1.33 bits per heavy atom. The molecule has 1 aromatic carbocycles. The Kier molecular flexibility index (Phi) is 4.94. The van der Waals surface area contributed by atoms with Gasteiger partial charge in [0.2, 0.25) is 0 Å². The normalized spacial score (nSPS) is 20.2. The number of hydrogen-bond donors (Lipinski definition) is 0. The number of ketones is 1. The van der Waals surface area contributed by atoms with Gasteiger partial charge in [0.05, 0.1) is 0 Å². The van der Waals surface area contributed by atoms with E-state index in [2.05, 4.69) is 11.8 Å². The first-order valence-corrected chi connectivity index (χ1v) is 7.10. The second-order valence-corrected chi connectivity index (χ2v) is 5.28. The summed E-state index contributed by atoms with van der Waals surface area (Å²) in [6, 6.07) is 9.63. The van der Waals surface area contributed by atoms with E-state index in [1.54, 1.807) is 0 Å². The van der Waals surface area contributed by atoms with Crippen LogP contribution in [0.3, 0.4) is 0 Å². The molecule has 18 heavy (non-hydrogen) atoms. The fourth-order valence-electron chi connectivity index (χ4n) is 2.79. The van der Waals surface area contributed by atoms with Crippen molar-refractivity contribution in [1.29, 1.82) is 0 Å². The zero-order valence-corrected chi connectivity index (χ0v) is 11.3. The minimum Gasteiger partial charge on any atom is -0.303 e. The maximum absolute atomic E-state index is 12.0. The summed E-state index contributed by atoms with van der Waals surface area (Å²) in [4.78, 5) is 14.4.